The maximum atomic E-state index is 8.97. The van der Waals surface area contributed by atoms with Crippen LogP contribution in [0.15, 0.2) is 0 Å². The number of nitrogens with one attached hydrogen (secondary N) is 3. The quantitative estimate of drug-likeness (QED) is 0.316. The molecule has 0 aliphatic rings. The van der Waals surface area contributed by atoms with E-state index in [4.69, 9.17) is 14.7 Å². The second kappa shape index (κ2) is 11.9. The Labute approximate surface area is 130 Å². The van der Waals surface area contributed by atoms with Gasteiger partial charge < -0.3 is 20.1 Å². The zero-order valence-corrected chi connectivity index (χ0v) is 13.3. The van der Waals surface area contributed by atoms with Crippen molar-refractivity contribution in [1.82, 2.24) is 15.0 Å². The van der Waals surface area contributed by atoms with E-state index in [2.05, 4.69) is 25.6 Å². The molecule has 0 unspecified atom stereocenters. The lowest BCUT2D eigenvalue weighted by Gasteiger charge is -2.09. The molecule has 0 fully saturated rings. The van der Waals surface area contributed by atoms with Crippen molar-refractivity contribution in [1.29, 1.82) is 0 Å². The molecular weight excluding hydrogens is 288 g/mol. The van der Waals surface area contributed by atoms with Gasteiger partial charge >= 0.3 is 0 Å². The molecule has 0 aliphatic carbocycles. The van der Waals surface area contributed by atoms with E-state index in [1.54, 1.807) is 0 Å². The molecule has 9 heteroatoms. The number of hydrogen-bond donors (Lipinski definition) is 4. The van der Waals surface area contributed by atoms with E-state index in [-0.39, 0.29) is 5.95 Å². The van der Waals surface area contributed by atoms with Gasteiger partial charge in [0.2, 0.25) is 11.9 Å². The Morgan fingerprint density at radius 3 is 1.68 bits per heavy atom. The van der Waals surface area contributed by atoms with Crippen LogP contribution in [0.5, 0.6) is 0 Å². The van der Waals surface area contributed by atoms with Crippen LogP contribution in [0, 0.1) is 0 Å². The number of aromatic nitrogens is 3. The van der Waals surface area contributed by atoms with E-state index in [1.165, 1.54) is 0 Å². The highest BCUT2D eigenvalue weighted by molar-refractivity contribution is 5.40. The highest BCUT2D eigenvalue weighted by Crippen LogP contribution is 2.08. The molecular formula is C13H26N6O3. The zero-order valence-electron chi connectivity index (χ0n) is 13.3. The van der Waals surface area contributed by atoms with Crippen LogP contribution in [0.2, 0.25) is 0 Å². The predicted molar refractivity (Wildman–Crippen MR) is 84.4 cm³/mol. The van der Waals surface area contributed by atoms with E-state index >= 15 is 0 Å². The third-order valence-corrected chi connectivity index (χ3v) is 2.64. The van der Waals surface area contributed by atoms with Gasteiger partial charge in [0, 0.05) is 39.5 Å². The first-order valence-corrected chi connectivity index (χ1v) is 7.59. The van der Waals surface area contributed by atoms with Gasteiger partial charge in [0.1, 0.15) is 0 Å². The minimum atomic E-state index is 0.0922. The van der Waals surface area contributed by atoms with Gasteiger partial charge in [0.15, 0.2) is 0 Å². The molecule has 1 aromatic heterocycles. The van der Waals surface area contributed by atoms with Gasteiger partial charge in [-0.25, -0.2) is 5.48 Å². The van der Waals surface area contributed by atoms with Crippen LogP contribution in [0.4, 0.5) is 17.8 Å². The summed E-state index contributed by atoms with van der Waals surface area (Å²) in [6.45, 7) is 8.06. The Bertz CT molecular complexity index is 375. The van der Waals surface area contributed by atoms with Crippen molar-refractivity contribution in [3.05, 3.63) is 0 Å². The molecule has 0 atom stereocenters. The fourth-order valence-electron chi connectivity index (χ4n) is 1.62. The van der Waals surface area contributed by atoms with E-state index < -0.39 is 0 Å². The third kappa shape index (κ3) is 7.91. The molecule has 0 bridgehead atoms. The number of anilines is 3. The summed E-state index contributed by atoms with van der Waals surface area (Å²) in [7, 11) is 0. The standard InChI is InChI=1S/C13H26N6O3/c1-3-21-9-5-7-14-11-16-12(18-13(17-11)19-20)15-8-6-10-22-4-2/h20H,3-10H2,1-2H3,(H3,14,15,16,17,18,19). The Kier molecular flexibility index (Phi) is 9.92. The number of rotatable bonds is 13. The molecule has 0 aliphatic heterocycles. The number of hydrogen-bond acceptors (Lipinski definition) is 9. The van der Waals surface area contributed by atoms with Crippen molar-refractivity contribution in [2.24, 2.45) is 0 Å². The summed E-state index contributed by atoms with van der Waals surface area (Å²) in [6, 6.07) is 0. The van der Waals surface area contributed by atoms with Crippen LogP contribution in [0.25, 0.3) is 0 Å². The Balaban J connectivity index is 2.42. The summed E-state index contributed by atoms with van der Waals surface area (Å²) >= 11 is 0. The normalized spacial score (nSPS) is 10.5. The van der Waals surface area contributed by atoms with Gasteiger partial charge in [-0.15, -0.1) is 0 Å². The van der Waals surface area contributed by atoms with Crippen LogP contribution in [0.3, 0.4) is 0 Å². The summed E-state index contributed by atoms with van der Waals surface area (Å²) < 4.78 is 10.5. The Morgan fingerprint density at radius 1 is 0.818 bits per heavy atom. The highest BCUT2D eigenvalue weighted by atomic mass is 16.5. The molecule has 0 radical (unpaired) electrons. The molecule has 0 aromatic carbocycles. The number of nitrogens with zero attached hydrogens (tertiary/aromatic N) is 3. The lowest BCUT2D eigenvalue weighted by atomic mass is 10.4. The van der Waals surface area contributed by atoms with E-state index in [0.29, 0.717) is 51.4 Å². The van der Waals surface area contributed by atoms with Gasteiger partial charge in [-0.05, 0) is 26.7 Å². The van der Waals surface area contributed by atoms with Crippen molar-refractivity contribution in [2.75, 3.05) is 55.6 Å². The summed E-state index contributed by atoms with van der Waals surface area (Å²) in [5, 5.41) is 15.1. The Hall–Kier alpha value is -1.71. The van der Waals surface area contributed by atoms with Crippen molar-refractivity contribution in [2.45, 2.75) is 26.7 Å². The van der Waals surface area contributed by atoms with E-state index in [0.717, 1.165) is 12.8 Å². The minimum Gasteiger partial charge on any atom is -0.382 e. The summed E-state index contributed by atoms with van der Waals surface area (Å²) in [4.78, 5) is 12.3. The molecule has 9 nitrogen and oxygen atoms in total. The first-order chi connectivity index (χ1) is 10.8. The molecule has 0 saturated carbocycles. The van der Waals surface area contributed by atoms with Crippen LogP contribution in [-0.2, 0) is 9.47 Å². The van der Waals surface area contributed by atoms with Gasteiger partial charge in [-0.2, -0.15) is 15.0 Å². The first kappa shape index (κ1) is 18.3. The summed E-state index contributed by atoms with van der Waals surface area (Å²) in [6.07, 6.45) is 1.69. The van der Waals surface area contributed by atoms with Gasteiger partial charge in [0.05, 0.1) is 0 Å². The van der Waals surface area contributed by atoms with Crippen LogP contribution >= 0.6 is 0 Å². The monoisotopic (exact) mass is 314 g/mol. The molecule has 1 heterocycles. The lowest BCUT2D eigenvalue weighted by Crippen LogP contribution is -2.14. The first-order valence-electron chi connectivity index (χ1n) is 7.59. The predicted octanol–water partition coefficient (Wildman–Crippen LogP) is 1.35. The molecule has 1 aromatic rings. The third-order valence-electron chi connectivity index (χ3n) is 2.64. The average Bonchev–Trinajstić information content (AvgIpc) is 2.54. The van der Waals surface area contributed by atoms with Crippen LogP contribution in [-0.4, -0.2) is 59.7 Å². The molecule has 4 N–H and O–H groups in total. The maximum Gasteiger partial charge on any atom is 0.253 e. The fraction of sp³-hybridized carbons (Fsp3) is 0.769. The lowest BCUT2D eigenvalue weighted by molar-refractivity contribution is 0.147. The zero-order chi connectivity index (χ0) is 16.0. The second-order valence-electron chi connectivity index (χ2n) is 4.37. The second-order valence-corrected chi connectivity index (χ2v) is 4.37. The SMILES string of the molecule is CCOCCCNc1nc(NO)nc(NCCCOCC)n1. The topological polar surface area (TPSA) is 113 Å². The average molecular weight is 314 g/mol. The molecule has 0 spiro atoms. The summed E-state index contributed by atoms with van der Waals surface area (Å²) in [5.41, 5.74) is 1.94. The van der Waals surface area contributed by atoms with Crippen molar-refractivity contribution in [3.8, 4) is 0 Å². The van der Waals surface area contributed by atoms with Crippen LogP contribution in [0.1, 0.15) is 26.7 Å². The van der Waals surface area contributed by atoms with E-state index in [9.17, 15) is 0 Å². The van der Waals surface area contributed by atoms with Crippen molar-refractivity contribution >= 4 is 17.8 Å². The van der Waals surface area contributed by atoms with E-state index in [1.807, 2.05) is 19.3 Å². The smallest absolute Gasteiger partial charge is 0.253 e. The summed E-state index contributed by atoms with van der Waals surface area (Å²) in [5.74, 6) is 0.889. The molecule has 0 saturated heterocycles. The minimum absolute atomic E-state index is 0.0922. The molecule has 0 amide bonds. The van der Waals surface area contributed by atoms with Crippen molar-refractivity contribution in [3.63, 3.8) is 0 Å². The molecule has 22 heavy (non-hydrogen) atoms. The largest absolute Gasteiger partial charge is 0.382 e. The number of ether oxygens (including phenoxy) is 2. The van der Waals surface area contributed by atoms with Gasteiger partial charge in [-0.3, -0.25) is 5.21 Å². The fourth-order valence-corrected chi connectivity index (χ4v) is 1.62. The van der Waals surface area contributed by atoms with Gasteiger partial charge in [0.25, 0.3) is 5.95 Å². The van der Waals surface area contributed by atoms with Crippen molar-refractivity contribution < 1.29 is 14.7 Å². The van der Waals surface area contributed by atoms with Gasteiger partial charge in [-0.1, -0.05) is 0 Å². The molecule has 1 rings (SSSR count). The molecule has 126 valence electrons. The Morgan fingerprint density at radius 2 is 1.27 bits per heavy atom. The highest BCUT2D eigenvalue weighted by Gasteiger charge is 2.05. The van der Waals surface area contributed by atoms with Crippen LogP contribution < -0.4 is 16.1 Å². The maximum absolute atomic E-state index is 8.97.